The first-order valence-corrected chi connectivity index (χ1v) is 3.84. The van der Waals surface area contributed by atoms with Gasteiger partial charge in [-0.2, -0.15) is 0 Å². The van der Waals surface area contributed by atoms with Gasteiger partial charge in [-0.3, -0.25) is 0 Å². The summed E-state index contributed by atoms with van der Waals surface area (Å²) in [6.45, 7) is 3.65. The number of hydrogen-bond donors (Lipinski definition) is 2. The SMILES string of the molecule is C=CCC[C@H](N)c1ccc[nH]1. The largest absolute Gasteiger partial charge is 0.364 e. The van der Waals surface area contributed by atoms with Gasteiger partial charge in [0.25, 0.3) is 0 Å². The second kappa shape index (κ2) is 3.98. The monoisotopic (exact) mass is 150 g/mol. The van der Waals surface area contributed by atoms with E-state index in [2.05, 4.69) is 11.6 Å². The van der Waals surface area contributed by atoms with Crippen LogP contribution in [0, 0.1) is 0 Å². The Bertz CT molecular complexity index is 201. The van der Waals surface area contributed by atoms with Gasteiger partial charge in [-0.25, -0.2) is 0 Å². The van der Waals surface area contributed by atoms with Crippen LogP contribution in [0.4, 0.5) is 0 Å². The first-order valence-electron chi connectivity index (χ1n) is 3.84. The Labute approximate surface area is 67.1 Å². The van der Waals surface area contributed by atoms with Crippen molar-refractivity contribution in [2.75, 3.05) is 0 Å². The lowest BCUT2D eigenvalue weighted by atomic mass is 10.1. The number of rotatable bonds is 4. The highest BCUT2D eigenvalue weighted by atomic mass is 14.8. The van der Waals surface area contributed by atoms with Crippen molar-refractivity contribution in [3.05, 3.63) is 36.7 Å². The lowest BCUT2D eigenvalue weighted by molar-refractivity contribution is 0.646. The predicted octanol–water partition coefficient (Wildman–Crippen LogP) is 1.98. The Morgan fingerprint density at radius 3 is 3.09 bits per heavy atom. The maximum absolute atomic E-state index is 5.85. The van der Waals surface area contributed by atoms with Crippen LogP contribution < -0.4 is 5.73 Å². The fraction of sp³-hybridized carbons (Fsp3) is 0.333. The van der Waals surface area contributed by atoms with Crippen molar-refractivity contribution in [1.82, 2.24) is 4.98 Å². The van der Waals surface area contributed by atoms with Crippen LogP contribution in [-0.4, -0.2) is 4.98 Å². The number of H-pyrrole nitrogens is 1. The van der Waals surface area contributed by atoms with E-state index in [4.69, 9.17) is 5.73 Å². The molecule has 0 aliphatic rings. The average Bonchev–Trinajstić information content (AvgIpc) is 2.52. The molecule has 3 N–H and O–H groups in total. The van der Waals surface area contributed by atoms with Crippen LogP contribution in [0.15, 0.2) is 31.0 Å². The third-order valence-corrected chi connectivity index (χ3v) is 1.70. The molecule has 2 heteroatoms. The summed E-state index contributed by atoms with van der Waals surface area (Å²) in [5.74, 6) is 0. The van der Waals surface area contributed by atoms with Crippen LogP contribution in [0.3, 0.4) is 0 Å². The van der Waals surface area contributed by atoms with Gasteiger partial charge in [0, 0.05) is 17.9 Å². The summed E-state index contributed by atoms with van der Waals surface area (Å²) >= 11 is 0. The van der Waals surface area contributed by atoms with Crippen LogP contribution in [0.1, 0.15) is 24.6 Å². The molecule has 1 aromatic heterocycles. The third-order valence-electron chi connectivity index (χ3n) is 1.70. The molecule has 0 amide bonds. The Hall–Kier alpha value is -1.02. The fourth-order valence-corrected chi connectivity index (χ4v) is 1.03. The van der Waals surface area contributed by atoms with Crippen molar-refractivity contribution < 1.29 is 0 Å². The van der Waals surface area contributed by atoms with Gasteiger partial charge in [-0.15, -0.1) is 6.58 Å². The fourth-order valence-electron chi connectivity index (χ4n) is 1.03. The molecule has 0 aromatic carbocycles. The van der Waals surface area contributed by atoms with Crippen LogP contribution in [0.5, 0.6) is 0 Å². The molecule has 1 rings (SSSR count). The maximum atomic E-state index is 5.85. The lowest BCUT2D eigenvalue weighted by Crippen LogP contribution is -2.09. The Kier molecular flexibility index (Phi) is 2.93. The first kappa shape index (κ1) is 8.08. The molecule has 11 heavy (non-hydrogen) atoms. The van der Waals surface area contributed by atoms with Crippen molar-refractivity contribution in [2.24, 2.45) is 5.73 Å². The van der Waals surface area contributed by atoms with Crippen LogP contribution >= 0.6 is 0 Å². The number of nitrogens with one attached hydrogen (secondary N) is 1. The van der Waals surface area contributed by atoms with E-state index in [-0.39, 0.29) is 6.04 Å². The van der Waals surface area contributed by atoms with E-state index >= 15 is 0 Å². The minimum absolute atomic E-state index is 0.128. The van der Waals surface area contributed by atoms with E-state index in [0.717, 1.165) is 18.5 Å². The molecule has 0 radical (unpaired) electrons. The van der Waals surface area contributed by atoms with Crippen LogP contribution in [0.2, 0.25) is 0 Å². The van der Waals surface area contributed by atoms with E-state index in [1.807, 2.05) is 24.4 Å². The molecule has 60 valence electrons. The summed E-state index contributed by atoms with van der Waals surface area (Å²) in [6.07, 6.45) is 5.72. The zero-order chi connectivity index (χ0) is 8.10. The molecule has 0 saturated carbocycles. The molecule has 0 saturated heterocycles. The molecule has 2 nitrogen and oxygen atoms in total. The minimum Gasteiger partial charge on any atom is -0.364 e. The zero-order valence-corrected chi connectivity index (χ0v) is 6.59. The molecule has 0 unspecified atom stereocenters. The average molecular weight is 150 g/mol. The van der Waals surface area contributed by atoms with Crippen molar-refractivity contribution >= 4 is 0 Å². The van der Waals surface area contributed by atoms with E-state index in [0.29, 0.717) is 0 Å². The normalized spacial score (nSPS) is 12.8. The Balaban J connectivity index is 2.42. The molecular weight excluding hydrogens is 136 g/mol. The van der Waals surface area contributed by atoms with Crippen LogP contribution in [0.25, 0.3) is 0 Å². The van der Waals surface area contributed by atoms with Crippen LogP contribution in [-0.2, 0) is 0 Å². The second-order valence-corrected chi connectivity index (χ2v) is 2.60. The number of hydrogen-bond acceptors (Lipinski definition) is 1. The van der Waals surface area contributed by atoms with Crippen molar-refractivity contribution in [3.63, 3.8) is 0 Å². The molecule has 1 atom stereocenters. The van der Waals surface area contributed by atoms with E-state index in [1.165, 1.54) is 0 Å². The molecule has 0 fully saturated rings. The standard InChI is InChI=1S/C9H14N2/c1-2-3-5-8(10)9-6-4-7-11-9/h2,4,6-8,11H,1,3,5,10H2/t8-/m0/s1. The maximum Gasteiger partial charge on any atom is 0.0450 e. The zero-order valence-electron chi connectivity index (χ0n) is 6.59. The topological polar surface area (TPSA) is 41.8 Å². The van der Waals surface area contributed by atoms with Gasteiger partial charge in [-0.05, 0) is 25.0 Å². The highest BCUT2D eigenvalue weighted by molar-refractivity contribution is 5.08. The number of aromatic nitrogens is 1. The first-order chi connectivity index (χ1) is 5.34. The summed E-state index contributed by atoms with van der Waals surface area (Å²) in [7, 11) is 0. The van der Waals surface area contributed by atoms with Gasteiger partial charge in [0.05, 0.1) is 0 Å². The van der Waals surface area contributed by atoms with E-state index < -0.39 is 0 Å². The smallest absolute Gasteiger partial charge is 0.0450 e. The second-order valence-electron chi connectivity index (χ2n) is 2.60. The molecular formula is C9H14N2. The third kappa shape index (κ3) is 2.24. The van der Waals surface area contributed by atoms with Gasteiger partial charge in [0.15, 0.2) is 0 Å². The molecule has 1 aromatic rings. The molecule has 0 aliphatic carbocycles. The Morgan fingerprint density at radius 1 is 1.73 bits per heavy atom. The van der Waals surface area contributed by atoms with E-state index in [1.54, 1.807) is 0 Å². The molecule has 1 heterocycles. The quantitative estimate of drug-likeness (QED) is 0.633. The highest BCUT2D eigenvalue weighted by Crippen LogP contribution is 2.12. The highest BCUT2D eigenvalue weighted by Gasteiger charge is 2.03. The van der Waals surface area contributed by atoms with E-state index in [9.17, 15) is 0 Å². The van der Waals surface area contributed by atoms with Crippen molar-refractivity contribution in [2.45, 2.75) is 18.9 Å². The number of nitrogens with two attached hydrogens (primary N) is 1. The summed E-state index contributed by atoms with van der Waals surface area (Å²) in [5.41, 5.74) is 6.95. The Morgan fingerprint density at radius 2 is 2.55 bits per heavy atom. The lowest BCUT2D eigenvalue weighted by Gasteiger charge is -2.06. The minimum atomic E-state index is 0.128. The summed E-state index contributed by atoms with van der Waals surface area (Å²) < 4.78 is 0. The molecule has 0 bridgehead atoms. The van der Waals surface area contributed by atoms with Gasteiger partial charge in [0.2, 0.25) is 0 Å². The van der Waals surface area contributed by atoms with Gasteiger partial charge in [0.1, 0.15) is 0 Å². The van der Waals surface area contributed by atoms with Gasteiger partial charge in [-0.1, -0.05) is 6.08 Å². The van der Waals surface area contributed by atoms with Crippen molar-refractivity contribution in [3.8, 4) is 0 Å². The number of allylic oxidation sites excluding steroid dienone is 1. The number of aromatic amines is 1. The molecule has 0 aliphatic heterocycles. The molecule has 0 spiro atoms. The van der Waals surface area contributed by atoms with Crippen molar-refractivity contribution in [1.29, 1.82) is 0 Å². The summed E-state index contributed by atoms with van der Waals surface area (Å²) in [5, 5.41) is 0. The predicted molar refractivity (Wildman–Crippen MR) is 47.2 cm³/mol. The summed E-state index contributed by atoms with van der Waals surface area (Å²) in [4.78, 5) is 3.09. The van der Waals surface area contributed by atoms with Gasteiger partial charge < -0.3 is 10.7 Å². The summed E-state index contributed by atoms with van der Waals surface area (Å²) in [6, 6.07) is 4.10. The van der Waals surface area contributed by atoms with Gasteiger partial charge >= 0.3 is 0 Å².